The van der Waals surface area contributed by atoms with Crippen LogP contribution in [0.4, 0.5) is 4.79 Å². The number of piperazine rings is 1. The normalized spacial score (nSPS) is 19.6. The van der Waals surface area contributed by atoms with Gasteiger partial charge in [0.1, 0.15) is 34.8 Å². The van der Waals surface area contributed by atoms with Gasteiger partial charge in [0, 0.05) is 37.5 Å². The van der Waals surface area contributed by atoms with E-state index in [1.807, 2.05) is 20.8 Å². The number of fused-ring (bicyclic) bond motifs is 1. The maximum Gasteiger partial charge on any atom is 0.410 e. The minimum Gasteiger partial charge on any atom is -0.490 e. The molecule has 0 spiro atoms. The van der Waals surface area contributed by atoms with E-state index >= 15 is 0 Å². The number of nitrogens with zero attached hydrogens (tertiary/aromatic N) is 5. The molecule has 1 amide bonds. The molecule has 0 aromatic carbocycles. The van der Waals surface area contributed by atoms with E-state index in [4.69, 9.17) is 21.1 Å². The lowest BCUT2D eigenvalue weighted by Gasteiger charge is -2.36. The van der Waals surface area contributed by atoms with Gasteiger partial charge in [-0.25, -0.2) is 29.1 Å². The second kappa shape index (κ2) is 10.2. The zero-order chi connectivity index (χ0) is 28.2. The van der Waals surface area contributed by atoms with Gasteiger partial charge in [0.2, 0.25) is 0 Å². The van der Waals surface area contributed by atoms with Crippen LogP contribution in [0.1, 0.15) is 69.7 Å². The summed E-state index contributed by atoms with van der Waals surface area (Å²) in [6.45, 7) is 7.06. The van der Waals surface area contributed by atoms with E-state index in [0.717, 1.165) is 37.1 Å². The van der Waals surface area contributed by atoms with E-state index in [1.54, 1.807) is 11.2 Å². The Morgan fingerprint density at radius 2 is 1.80 bits per heavy atom. The standard InChI is InChI=1S/C27H32ClN7O5/c1-27(2,3)40-26(38)34-9-8-29-11-16(34)12-39-17-10-18(28)32-23-19(17)24(36)33-25(37)35(23)22-20(14-4-5-14)30-13-31-21(22)15-6-7-15/h10,13-16,29H,4-9,11-12H2,1-3H3,(H,33,36,37). The summed E-state index contributed by atoms with van der Waals surface area (Å²) in [6.07, 6.45) is 4.99. The van der Waals surface area contributed by atoms with Gasteiger partial charge >= 0.3 is 11.8 Å². The van der Waals surface area contributed by atoms with Gasteiger partial charge in [0.15, 0.2) is 5.65 Å². The molecule has 13 heteroatoms. The fourth-order valence-corrected chi connectivity index (χ4v) is 5.27. The molecule has 6 rings (SSSR count). The summed E-state index contributed by atoms with van der Waals surface area (Å²) < 4.78 is 13.1. The molecular formula is C27H32ClN7O5. The van der Waals surface area contributed by atoms with Gasteiger partial charge in [0.25, 0.3) is 5.56 Å². The summed E-state index contributed by atoms with van der Waals surface area (Å²) in [6, 6.07) is 1.09. The van der Waals surface area contributed by atoms with Crippen LogP contribution in [-0.2, 0) is 4.74 Å². The summed E-state index contributed by atoms with van der Waals surface area (Å²) in [5.41, 5.74) is 0.297. The first-order valence-electron chi connectivity index (χ1n) is 13.6. The van der Waals surface area contributed by atoms with Gasteiger partial charge in [-0.15, -0.1) is 0 Å². The fourth-order valence-electron chi connectivity index (χ4n) is 5.09. The number of ether oxygens (including phenoxy) is 2. The van der Waals surface area contributed by atoms with Crippen molar-refractivity contribution in [2.24, 2.45) is 0 Å². The number of hydrogen-bond acceptors (Lipinski definition) is 9. The Bertz CT molecular complexity index is 1560. The molecular weight excluding hydrogens is 538 g/mol. The number of pyridine rings is 1. The number of hydrogen-bond donors (Lipinski definition) is 2. The van der Waals surface area contributed by atoms with Crippen LogP contribution < -0.4 is 21.3 Å². The van der Waals surface area contributed by atoms with Crippen molar-refractivity contribution in [3.63, 3.8) is 0 Å². The Hall–Kier alpha value is -3.51. The van der Waals surface area contributed by atoms with Gasteiger partial charge in [-0.1, -0.05) is 11.6 Å². The van der Waals surface area contributed by atoms with Crippen LogP contribution in [0.2, 0.25) is 5.15 Å². The number of carbonyl (C=O) groups excluding carboxylic acids is 1. The quantitative estimate of drug-likeness (QED) is 0.428. The van der Waals surface area contributed by atoms with Gasteiger partial charge < -0.3 is 14.8 Å². The maximum absolute atomic E-state index is 13.4. The third-order valence-corrected chi connectivity index (χ3v) is 7.43. The predicted molar refractivity (Wildman–Crippen MR) is 148 cm³/mol. The Labute approximate surface area is 235 Å². The number of amides is 1. The van der Waals surface area contributed by atoms with Crippen LogP contribution in [0.15, 0.2) is 22.0 Å². The lowest BCUT2D eigenvalue weighted by Crippen LogP contribution is -2.56. The van der Waals surface area contributed by atoms with Crippen molar-refractivity contribution in [3.05, 3.63) is 49.8 Å². The largest absolute Gasteiger partial charge is 0.490 e. The highest BCUT2D eigenvalue weighted by molar-refractivity contribution is 6.30. The van der Waals surface area contributed by atoms with Gasteiger partial charge in [-0.05, 0) is 46.5 Å². The van der Waals surface area contributed by atoms with Gasteiger partial charge in [-0.3, -0.25) is 14.7 Å². The Balaban J connectivity index is 1.41. The Morgan fingerprint density at radius 3 is 2.42 bits per heavy atom. The van der Waals surface area contributed by atoms with Crippen LogP contribution in [0.25, 0.3) is 16.7 Å². The molecule has 2 aliphatic carbocycles. The first kappa shape index (κ1) is 26.7. The molecule has 1 atom stereocenters. The van der Waals surface area contributed by atoms with Crippen molar-refractivity contribution >= 4 is 28.7 Å². The highest BCUT2D eigenvalue weighted by Gasteiger charge is 2.36. The maximum atomic E-state index is 13.4. The van der Waals surface area contributed by atoms with Crippen LogP contribution in [-0.4, -0.2) is 73.4 Å². The van der Waals surface area contributed by atoms with E-state index in [9.17, 15) is 14.4 Å². The molecule has 1 unspecified atom stereocenters. The number of H-pyrrole nitrogens is 1. The molecule has 3 fully saturated rings. The van der Waals surface area contributed by atoms with E-state index in [-0.39, 0.29) is 46.4 Å². The van der Waals surface area contributed by atoms with Gasteiger partial charge in [0.05, 0.1) is 23.1 Å². The van der Waals surface area contributed by atoms with Crippen molar-refractivity contribution in [2.75, 3.05) is 26.2 Å². The lowest BCUT2D eigenvalue weighted by atomic mass is 10.1. The molecule has 1 aliphatic heterocycles. The molecule has 40 heavy (non-hydrogen) atoms. The van der Waals surface area contributed by atoms with Crippen molar-refractivity contribution < 1.29 is 14.3 Å². The summed E-state index contributed by atoms with van der Waals surface area (Å²) in [5, 5.41) is 3.41. The SMILES string of the molecule is CC(C)(C)OC(=O)N1CCNCC1COc1cc(Cl)nc2c1c(=O)[nH]c(=O)n2-c1c(C2CC2)ncnc1C1CC1. The monoisotopic (exact) mass is 569 g/mol. The summed E-state index contributed by atoms with van der Waals surface area (Å²) in [5.74, 6) is 0.603. The summed E-state index contributed by atoms with van der Waals surface area (Å²) >= 11 is 6.44. The van der Waals surface area contributed by atoms with Crippen LogP contribution in [0, 0.1) is 0 Å². The molecule has 3 aromatic rings. The predicted octanol–water partition coefficient (Wildman–Crippen LogP) is 2.86. The number of aromatic nitrogens is 5. The molecule has 4 heterocycles. The fraction of sp³-hybridized carbons (Fsp3) is 0.556. The molecule has 1 saturated heterocycles. The van der Waals surface area contributed by atoms with Crippen molar-refractivity contribution in [1.29, 1.82) is 0 Å². The minimum atomic E-state index is -0.640. The number of aromatic amines is 1. The van der Waals surface area contributed by atoms with E-state index in [0.29, 0.717) is 25.3 Å². The molecule has 2 N–H and O–H groups in total. The smallest absolute Gasteiger partial charge is 0.410 e. The molecule has 2 saturated carbocycles. The van der Waals surface area contributed by atoms with E-state index < -0.39 is 22.9 Å². The third kappa shape index (κ3) is 5.29. The molecule has 12 nitrogen and oxygen atoms in total. The van der Waals surface area contributed by atoms with Crippen molar-refractivity contribution in [2.45, 2.75) is 69.9 Å². The Morgan fingerprint density at radius 1 is 1.12 bits per heavy atom. The first-order valence-corrected chi connectivity index (χ1v) is 14.0. The van der Waals surface area contributed by atoms with E-state index in [1.165, 1.54) is 10.6 Å². The number of rotatable bonds is 6. The number of carbonyl (C=O) groups is 1. The molecule has 3 aromatic heterocycles. The summed E-state index contributed by atoms with van der Waals surface area (Å²) in [4.78, 5) is 57.0. The highest BCUT2D eigenvalue weighted by Crippen LogP contribution is 2.47. The lowest BCUT2D eigenvalue weighted by molar-refractivity contribution is 0.00638. The first-order chi connectivity index (χ1) is 19.1. The average molecular weight is 570 g/mol. The zero-order valence-corrected chi connectivity index (χ0v) is 23.5. The molecule has 0 bridgehead atoms. The van der Waals surface area contributed by atoms with Crippen molar-refractivity contribution in [3.8, 4) is 11.4 Å². The summed E-state index contributed by atoms with van der Waals surface area (Å²) in [7, 11) is 0. The van der Waals surface area contributed by atoms with Crippen LogP contribution >= 0.6 is 11.6 Å². The zero-order valence-electron chi connectivity index (χ0n) is 22.7. The second-order valence-corrected chi connectivity index (χ2v) is 12.0. The van der Waals surface area contributed by atoms with Crippen LogP contribution in [0.3, 0.4) is 0 Å². The third-order valence-electron chi connectivity index (χ3n) is 7.24. The number of nitrogens with one attached hydrogen (secondary N) is 2. The van der Waals surface area contributed by atoms with E-state index in [2.05, 4.69) is 25.3 Å². The van der Waals surface area contributed by atoms with Crippen molar-refractivity contribution in [1.82, 2.24) is 34.7 Å². The average Bonchev–Trinajstić information content (AvgIpc) is 3.80. The van der Waals surface area contributed by atoms with Crippen LogP contribution in [0.5, 0.6) is 5.75 Å². The number of halogens is 1. The van der Waals surface area contributed by atoms with Gasteiger partial charge in [-0.2, -0.15) is 0 Å². The Kier molecular flexibility index (Phi) is 6.78. The minimum absolute atomic E-state index is 0.0600. The molecule has 0 radical (unpaired) electrons. The molecule has 212 valence electrons. The second-order valence-electron chi connectivity index (χ2n) is 11.6. The topological polar surface area (TPSA) is 144 Å². The highest BCUT2D eigenvalue weighted by atomic mass is 35.5. The molecule has 3 aliphatic rings.